The van der Waals surface area contributed by atoms with Gasteiger partial charge in [0.2, 0.25) is 0 Å². The van der Waals surface area contributed by atoms with Crippen LogP contribution in [0, 0.1) is 0 Å². The van der Waals surface area contributed by atoms with Crippen LogP contribution in [0.2, 0.25) is 0 Å². The maximum absolute atomic E-state index is 12.6. The van der Waals surface area contributed by atoms with Crippen LogP contribution >= 0.6 is 0 Å². The van der Waals surface area contributed by atoms with Crippen LogP contribution in [0.4, 0.5) is 0 Å². The van der Waals surface area contributed by atoms with Crippen LogP contribution in [0.15, 0.2) is 42.7 Å². The SMILES string of the molecule is CCC(=CC(=O)c1c(O)cc(OC)cc1OC)c1ccncc1. The molecule has 1 heterocycles. The third-order valence-electron chi connectivity index (χ3n) is 3.49. The highest BCUT2D eigenvalue weighted by Gasteiger charge is 2.18. The fourth-order valence-electron chi connectivity index (χ4n) is 2.29. The Labute approximate surface area is 135 Å². The van der Waals surface area contributed by atoms with Crippen molar-refractivity contribution in [2.24, 2.45) is 0 Å². The molecule has 0 aliphatic carbocycles. The van der Waals surface area contributed by atoms with Gasteiger partial charge in [-0.1, -0.05) is 6.92 Å². The highest BCUT2D eigenvalue weighted by atomic mass is 16.5. The molecular weight excluding hydrogens is 294 g/mol. The number of allylic oxidation sites excluding steroid dienone is 2. The minimum absolute atomic E-state index is 0.119. The van der Waals surface area contributed by atoms with Crippen LogP contribution in [0.1, 0.15) is 29.3 Å². The van der Waals surface area contributed by atoms with E-state index in [-0.39, 0.29) is 22.8 Å². The number of ketones is 1. The molecule has 0 amide bonds. The largest absolute Gasteiger partial charge is 0.507 e. The van der Waals surface area contributed by atoms with Crippen LogP contribution in [0.25, 0.3) is 5.57 Å². The van der Waals surface area contributed by atoms with Gasteiger partial charge in [-0.05, 0) is 35.8 Å². The number of phenolic OH excluding ortho intramolecular Hbond substituents is 1. The summed E-state index contributed by atoms with van der Waals surface area (Å²) in [6.45, 7) is 1.96. The lowest BCUT2D eigenvalue weighted by Gasteiger charge is -2.11. The average molecular weight is 313 g/mol. The highest BCUT2D eigenvalue weighted by molar-refractivity contribution is 6.12. The molecule has 2 rings (SSSR count). The van der Waals surface area contributed by atoms with Gasteiger partial charge in [-0.15, -0.1) is 0 Å². The number of nitrogens with zero attached hydrogens (tertiary/aromatic N) is 1. The van der Waals surface area contributed by atoms with Gasteiger partial charge in [0, 0.05) is 24.5 Å². The number of aromatic hydroxyl groups is 1. The van der Waals surface area contributed by atoms with E-state index in [1.165, 1.54) is 26.4 Å². The number of pyridine rings is 1. The number of hydrogen-bond acceptors (Lipinski definition) is 5. The molecule has 1 aromatic carbocycles. The average Bonchev–Trinajstić information content (AvgIpc) is 2.59. The molecule has 1 N–H and O–H groups in total. The van der Waals surface area contributed by atoms with Crippen molar-refractivity contribution < 1.29 is 19.4 Å². The summed E-state index contributed by atoms with van der Waals surface area (Å²) in [7, 11) is 2.92. The lowest BCUT2D eigenvalue weighted by atomic mass is 10.00. The summed E-state index contributed by atoms with van der Waals surface area (Å²) in [5, 5.41) is 10.1. The zero-order valence-corrected chi connectivity index (χ0v) is 13.4. The van der Waals surface area contributed by atoms with Crippen LogP contribution in [0.3, 0.4) is 0 Å². The summed E-state index contributed by atoms with van der Waals surface area (Å²) in [6.07, 6.45) is 5.54. The van der Waals surface area contributed by atoms with Crippen molar-refractivity contribution in [2.45, 2.75) is 13.3 Å². The molecule has 2 aromatic rings. The van der Waals surface area contributed by atoms with Gasteiger partial charge >= 0.3 is 0 Å². The molecule has 0 radical (unpaired) electrons. The van der Waals surface area contributed by atoms with E-state index in [0.717, 1.165) is 11.1 Å². The molecule has 0 aliphatic rings. The fourth-order valence-corrected chi connectivity index (χ4v) is 2.29. The van der Waals surface area contributed by atoms with E-state index in [4.69, 9.17) is 9.47 Å². The number of aromatic nitrogens is 1. The van der Waals surface area contributed by atoms with E-state index in [9.17, 15) is 9.90 Å². The Morgan fingerprint density at radius 3 is 2.48 bits per heavy atom. The number of phenols is 1. The third kappa shape index (κ3) is 3.69. The number of ether oxygens (including phenoxy) is 2. The summed E-state index contributed by atoms with van der Waals surface area (Å²) in [5.74, 6) is 0.196. The van der Waals surface area contributed by atoms with E-state index >= 15 is 0 Å². The second-order valence-electron chi connectivity index (χ2n) is 4.85. The Morgan fingerprint density at radius 2 is 1.91 bits per heavy atom. The smallest absolute Gasteiger partial charge is 0.193 e. The Morgan fingerprint density at radius 1 is 1.22 bits per heavy atom. The van der Waals surface area contributed by atoms with Crippen molar-refractivity contribution in [3.05, 3.63) is 53.9 Å². The summed E-state index contributed by atoms with van der Waals surface area (Å²) >= 11 is 0. The number of carbonyl (C=O) groups is 1. The topological polar surface area (TPSA) is 68.7 Å². The Hall–Kier alpha value is -2.82. The molecule has 5 heteroatoms. The molecule has 0 bridgehead atoms. The van der Waals surface area contributed by atoms with Crippen LogP contribution in [-0.2, 0) is 0 Å². The van der Waals surface area contributed by atoms with Crippen molar-refractivity contribution in [2.75, 3.05) is 14.2 Å². The highest BCUT2D eigenvalue weighted by Crippen LogP contribution is 2.34. The Balaban J connectivity index is 2.46. The first-order valence-corrected chi connectivity index (χ1v) is 7.21. The third-order valence-corrected chi connectivity index (χ3v) is 3.49. The molecule has 0 saturated heterocycles. The van der Waals surface area contributed by atoms with Crippen molar-refractivity contribution in [3.8, 4) is 17.2 Å². The summed E-state index contributed by atoms with van der Waals surface area (Å²) < 4.78 is 10.3. The van der Waals surface area contributed by atoms with Gasteiger partial charge in [0.15, 0.2) is 5.78 Å². The van der Waals surface area contributed by atoms with Crippen molar-refractivity contribution in [3.63, 3.8) is 0 Å². The number of methoxy groups -OCH3 is 2. The summed E-state index contributed by atoms with van der Waals surface area (Å²) in [6, 6.07) is 6.64. The molecule has 0 fully saturated rings. The zero-order chi connectivity index (χ0) is 16.8. The predicted octanol–water partition coefficient (Wildman–Crippen LogP) is 3.48. The first-order valence-electron chi connectivity index (χ1n) is 7.21. The van der Waals surface area contributed by atoms with Gasteiger partial charge in [-0.3, -0.25) is 9.78 Å². The minimum Gasteiger partial charge on any atom is -0.507 e. The summed E-state index contributed by atoms with van der Waals surface area (Å²) in [5.41, 5.74) is 1.89. The van der Waals surface area contributed by atoms with Crippen molar-refractivity contribution in [1.82, 2.24) is 4.98 Å². The number of benzene rings is 1. The van der Waals surface area contributed by atoms with E-state index in [1.54, 1.807) is 18.5 Å². The van der Waals surface area contributed by atoms with Crippen LogP contribution in [0.5, 0.6) is 17.2 Å². The van der Waals surface area contributed by atoms with Crippen LogP contribution in [-0.4, -0.2) is 30.1 Å². The van der Waals surface area contributed by atoms with Gasteiger partial charge < -0.3 is 14.6 Å². The van der Waals surface area contributed by atoms with E-state index in [1.807, 2.05) is 19.1 Å². The van der Waals surface area contributed by atoms with E-state index in [0.29, 0.717) is 12.2 Å². The van der Waals surface area contributed by atoms with Crippen molar-refractivity contribution in [1.29, 1.82) is 0 Å². The van der Waals surface area contributed by atoms with Gasteiger partial charge in [0.05, 0.1) is 14.2 Å². The lowest BCUT2D eigenvalue weighted by Crippen LogP contribution is -2.02. The van der Waals surface area contributed by atoms with Gasteiger partial charge in [0.1, 0.15) is 22.8 Å². The molecule has 5 nitrogen and oxygen atoms in total. The van der Waals surface area contributed by atoms with Crippen molar-refractivity contribution >= 4 is 11.4 Å². The second kappa shape index (κ2) is 7.45. The van der Waals surface area contributed by atoms with E-state index < -0.39 is 0 Å². The standard InChI is InChI=1S/C18H19NO4/c1-4-12(13-5-7-19-8-6-13)9-15(20)18-16(21)10-14(22-2)11-17(18)23-3/h5-11,21H,4H2,1-3H3. The Kier molecular flexibility index (Phi) is 5.36. The first kappa shape index (κ1) is 16.5. The summed E-state index contributed by atoms with van der Waals surface area (Å²) in [4.78, 5) is 16.6. The molecule has 0 unspecified atom stereocenters. The molecule has 0 atom stereocenters. The maximum Gasteiger partial charge on any atom is 0.193 e. The lowest BCUT2D eigenvalue weighted by molar-refractivity contribution is 0.104. The zero-order valence-electron chi connectivity index (χ0n) is 13.4. The van der Waals surface area contributed by atoms with E-state index in [2.05, 4.69) is 4.98 Å². The van der Waals surface area contributed by atoms with Crippen LogP contribution < -0.4 is 9.47 Å². The number of carbonyl (C=O) groups excluding carboxylic acids is 1. The predicted molar refractivity (Wildman–Crippen MR) is 88.0 cm³/mol. The van der Waals surface area contributed by atoms with Gasteiger partial charge in [-0.2, -0.15) is 0 Å². The normalized spacial score (nSPS) is 11.2. The molecule has 1 aromatic heterocycles. The maximum atomic E-state index is 12.6. The second-order valence-corrected chi connectivity index (χ2v) is 4.85. The number of rotatable bonds is 6. The Bertz CT molecular complexity index is 723. The molecule has 0 saturated carbocycles. The molecule has 23 heavy (non-hydrogen) atoms. The molecule has 120 valence electrons. The first-order chi connectivity index (χ1) is 11.1. The molecule has 0 spiro atoms. The molecular formula is C18H19NO4. The van der Waals surface area contributed by atoms with Gasteiger partial charge in [-0.25, -0.2) is 0 Å². The van der Waals surface area contributed by atoms with Gasteiger partial charge in [0.25, 0.3) is 0 Å². The minimum atomic E-state index is -0.323. The monoisotopic (exact) mass is 313 g/mol. The fraction of sp³-hybridized carbons (Fsp3) is 0.222. The quantitative estimate of drug-likeness (QED) is 0.653. The number of hydrogen-bond donors (Lipinski definition) is 1. The molecule has 0 aliphatic heterocycles.